The van der Waals surface area contributed by atoms with E-state index in [1.165, 1.54) is 0 Å². The Morgan fingerprint density at radius 1 is 1.53 bits per heavy atom. The predicted octanol–water partition coefficient (Wildman–Crippen LogP) is 1.83. The number of carbonyl (C=O) groups excluding carboxylic acids is 1. The average molecular weight is 262 g/mol. The summed E-state index contributed by atoms with van der Waals surface area (Å²) in [6.07, 6.45) is 0. The van der Waals surface area contributed by atoms with E-state index in [1.54, 1.807) is 0 Å². The van der Waals surface area contributed by atoms with Gasteiger partial charge in [-0.2, -0.15) is 0 Å². The molecule has 2 rings (SSSR count). The second-order valence-corrected chi connectivity index (χ2v) is 4.96. The molecule has 4 nitrogen and oxygen atoms in total. The van der Waals surface area contributed by atoms with Gasteiger partial charge >= 0.3 is 0 Å². The highest BCUT2D eigenvalue weighted by Crippen LogP contribution is 2.21. The van der Waals surface area contributed by atoms with Gasteiger partial charge in [0.05, 0.1) is 6.61 Å². The molecule has 19 heavy (non-hydrogen) atoms. The molecule has 0 spiro atoms. The van der Waals surface area contributed by atoms with E-state index >= 15 is 0 Å². The highest BCUT2D eigenvalue weighted by atomic mass is 16.5. The molecule has 1 amide bonds. The van der Waals surface area contributed by atoms with Crippen molar-refractivity contribution in [2.45, 2.75) is 26.8 Å². The SMILES string of the molecule is CCOc1cc(C(=O)N2CCNCC2C)ccc1C. The van der Waals surface area contributed by atoms with Crippen LogP contribution >= 0.6 is 0 Å². The van der Waals surface area contributed by atoms with Gasteiger partial charge in [0.1, 0.15) is 5.75 Å². The second kappa shape index (κ2) is 6.06. The lowest BCUT2D eigenvalue weighted by atomic mass is 10.1. The lowest BCUT2D eigenvalue weighted by Crippen LogP contribution is -2.52. The Morgan fingerprint density at radius 3 is 3.00 bits per heavy atom. The van der Waals surface area contributed by atoms with E-state index in [4.69, 9.17) is 4.74 Å². The molecular formula is C15H22N2O2. The number of rotatable bonds is 3. The molecule has 4 heteroatoms. The summed E-state index contributed by atoms with van der Waals surface area (Å²) in [5.74, 6) is 0.895. The summed E-state index contributed by atoms with van der Waals surface area (Å²) in [6, 6.07) is 5.92. The molecule has 0 bridgehead atoms. The normalized spacial score (nSPS) is 19.3. The quantitative estimate of drug-likeness (QED) is 0.903. The standard InChI is InChI=1S/C15H22N2O2/c1-4-19-14-9-13(6-5-11(14)2)15(18)17-8-7-16-10-12(17)3/h5-6,9,12,16H,4,7-8,10H2,1-3H3. The van der Waals surface area contributed by atoms with Gasteiger partial charge in [0.15, 0.2) is 0 Å². The van der Waals surface area contributed by atoms with Gasteiger partial charge in [-0.05, 0) is 38.5 Å². The third kappa shape index (κ3) is 3.07. The molecule has 1 aromatic carbocycles. The van der Waals surface area contributed by atoms with Crippen LogP contribution in [0.5, 0.6) is 5.75 Å². The van der Waals surface area contributed by atoms with Crippen LogP contribution in [-0.2, 0) is 0 Å². The average Bonchev–Trinajstić information content (AvgIpc) is 2.41. The van der Waals surface area contributed by atoms with Gasteiger partial charge in [0.25, 0.3) is 5.91 Å². The number of hydrogen-bond donors (Lipinski definition) is 1. The maximum absolute atomic E-state index is 12.5. The van der Waals surface area contributed by atoms with Gasteiger partial charge in [-0.3, -0.25) is 4.79 Å². The molecule has 1 saturated heterocycles. The maximum Gasteiger partial charge on any atom is 0.254 e. The third-order valence-corrected chi connectivity index (χ3v) is 3.50. The van der Waals surface area contributed by atoms with Crippen molar-refractivity contribution < 1.29 is 9.53 Å². The van der Waals surface area contributed by atoms with Crippen molar-refractivity contribution in [3.05, 3.63) is 29.3 Å². The molecule has 1 aromatic rings. The van der Waals surface area contributed by atoms with Gasteiger partial charge < -0.3 is 15.0 Å². The minimum absolute atomic E-state index is 0.0925. The minimum Gasteiger partial charge on any atom is -0.494 e. The first-order valence-electron chi connectivity index (χ1n) is 6.88. The summed E-state index contributed by atoms with van der Waals surface area (Å²) in [5.41, 5.74) is 1.77. The topological polar surface area (TPSA) is 41.6 Å². The fraction of sp³-hybridized carbons (Fsp3) is 0.533. The Morgan fingerprint density at radius 2 is 2.32 bits per heavy atom. The van der Waals surface area contributed by atoms with Gasteiger partial charge in [-0.1, -0.05) is 6.07 Å². The maximum atomic E-state index is 12.5. The smallest absolute Gasteiger partial charge is 0.254 e. The number of benzene rings is 1. The molecule has 1 N–H and O–H groups in total. The summed E-state index contributed by atoms with van der Waals surface area (Å²) in [7, 11) is 0. The first kappa shape index (κ1) is 13.9. The highest BCUT2D eigenvalue weighted by Gasteiger charge is 2.24. The summed E-state index contributed by atoms with van der Waals surface area (Å²) in [5, 5.41) is 3.29. The van der Waals surface area contributed by atoms with Gasteiger partial charge in [-0.15, -0.1) is 0 Å². The second-order valence-electron chi connectivity index (χ2n) is 4.96. The fourth-order valence-corrected chi connectivity index (χ4v) is 2.35. The number of carbonyl (C=O) groups is 1. The number of amides is 1. The van der Waals surface area contributed by atoms with E-state index < -0.39 is 0 Å². The van der Waals surface area contributed by atoms with Crippen LogP contribution < -0.4 is 10.1 Å². The fourth-order valence-electron chi connectivity index (χ4n) is 2.35. The third-order valence-electron chi connectivity index (χ3n) is 3.50. The summed E-state index contributed by atoms with van der Waals surface area (Å²) < 4.78 is 5.56. The van der Waals surface area contributed by atoms with Crippen LogP contribution in [0, 0.1) is 6.92 Å². The zero-order valence-corrected chi connectivity index (χ0v) is 11.9. The number of nitrogens with zero attached hydrogens (tertiary/aromatic N) is 1. The molecular weight excluding hydrogens is 240 g/mol. The van der Waals surface area contributed by atoms with E-state index in [9.17, 15) is 4.79 Å². The van der Waals surface area contributed by atoms with Crippen molar-refractivity contribution >= 4 is 5.91 Å². The molecule has 1 heterocycles. The Hall–Kier alpha value is -1.55. The number of piperazine rings is 1. The van der Waals surface area contributed by atoms with Gasteiger partial charge in [0.2, 0.25) is 0 Å². The van der Waals surface area contributed by atoms with Crippen molar-refractivity contribution in [1.82, 2.24) is 10.2 Å². The summed E-state index contributed by atoms with van der Waals surface area (Å²) in [6.45, 7) is 9.11. The van der Waals surface area contributed by atoms with Crippen molar-refractivity contribution in [1.29, 1.82) is 0 Å². The van der Waals surface area contributed by atoms with E-state index in [0.717, 1.165) is 30.9 Å². The number of nitrogens with one attached hydrogen (secondary N) is 1. The molecule has 0 aromatic heterocycles. The summed E-state index contributed by atoms with van der Waals surface area (Å²) in [4.78, 5) is 14.4. The van der Waals surface area contributed by atoms with E-state index in [-0.39, 0.29) is 11.9 Å². The van der Waals surface area contributed by atoms with E-state index in [2.05, 4.69) is 12.2 Å². The van der Waals surface area contributed by atoms with Crippen LogP contribution in [0.1, 0.15) is 29.8 Å². The molecule has 1 aliphatic rings. The Labute approximate surface area is 114 Å². The Bertz CT molecular complexity index is 459. The molecule has 0 aliphatic carbocycles. The van der Waals surface area contributed by atoms with E-state index in [0.29, 0.717) is 12.2 Å². The first-order valence-corrected chi connectivity index (χ1v) is 6.88. The van der Waals surface area contributed by atoms with Crippen LogP contribution in [-0.4, -0.2) is 43.1 Å². The minimum atomic E-state index is 0.0925. The van der Waals surface area contributed by atoms with E-state index in [1.807, 2.05) is 36.9 Å². The van der Waals surface area contributed by atoms with Crippen LogP contribution in [0.25, 0.3) is 0 Å². The predicted molar refractivity (Wildman–Crippen MR) is 75.7 cm³/mol. The molecule has 1 fully saturated rings. The lowest BCUT2D eigenvalue weighted by molar-refractivity contribution is 0.0655. The Kier molecular flexibility index (Phi) is 4.43. The molecule has 1 unspecified atom stereocenters. The monoisotopic (exact) mass is 262 g/mol. The first-order chi connectivity index (χ1) is 9.13. The van der Waals surface area contributed by atoms with Crippen LogP contribution in [0.4, 0.5) is 0 Å². The lowest BCUT2D eigenvalue weighted by Gasteiger charge is -2.34. The van der Waals surface area contributed by atoms with Gasteiger partial charge in [-0.25, -0.2) is 0 Å². The zero-order chi connectivity index (χ0) is 13.8. The van der Waals surface area contributed by atoms with Gasteiger partial charge in [0, 0.05) is 31.2 Å². The number of ether oxygens (including phenoxy) is 1. The van der Waals surface area contributed by atoms with Crippen molar-refractivity contribution in [3.63, 3.8) is 0 Å². The molecule has 1 atom stereocenters. The van der Waals surface area contributed by atoms with Crippen molar-refractivity contribution in [2.75, 3.05) is 26.2 Å². The summed E-state index contributed by atoms with van der Waals surface area (Å²) >= 11 is 0. The highest BCUT2D eigenvalue weighted by molar-refractivity contribution is 5.95. The molecule has 1 aliphatic heterocycles. The van der Waals surface area contributed by atoms with Crippen LogP contribution in [0.2, 0.25) is 0 Å². The molecule has 0 radical (unpaired) electrons. The van der Waals surface area contributed by atoms with Crippen LogP contribution in [0.15, 0.2) is 18.2 Å². The van der Waals surface area contributed by atoms with Crippen LogP contribution in [0.3, 0.4) is 0 Å². The van der Waals surface area contributed by atoms with Crippen molar-refractivity contribution in [3.8, 4) is 5.75 Å². The largest absolute Gasteiger partial charge is 0.494 e. The molecule has 0 saturated carbocycles. The van der Waals surface area contributed by atoms with Crippen molar-refractivity contribution in [2.24, 2.45) is 0 Å². The zero-order valence-electron chi connectivity index (χ0n) is 11.9. The molecule has 104 valence electrons. The number of aryl methyl sites for hydroxylation is 1. The Balaban J connectivity index is 2.20. The number of hydrogen-bond acceptors (Lipinski definition) is 3.